The molecule has 2 N–H and O–H groups in total. The van der Waals surface area contributed by atoms with Gasteiger partial charge in [-0.05, 0) is 24.6 Å². The lowest BCUT2D eigenvalue weighted by Gasteiger charge is -2.13. The van der Waals surface area contributed by atoms with E-state index in [0.717, 1.165) is 11.3 Å². The molecule has 0 aliphatic carbocycles. The van der Waals surface area contributed by atoms with Crippen molar-refractivity contribution in [1.29, 1.82) is 5.26 Å². The molecule has 120 valence electrons. The number of carbonyl (C=O) groups excluding carboxylic acids is 1. The number of nitrogens with zero attached hydrogens (tertiary/aromatic N) is 5. The number of hydrogen-bond acceptors (Lipinski definition) is 6. The molecule has 2 aromatic heterocycles. The number of methoxy groups -OCH3 is 1. The van der Waals surface area contributed by atoms with Crippen LogP contribution in [0.15, 0.2) is 37.1 Å². The third kappa shape index (κ3) is 2.38. The first kappa shape index (κ1) is 15.3. The number of hydrogen-bond donors (Lipinski definition) is 1. The first-order valence-corrected chi connectivity index (χ1v) is 7.02. The van der Waals surface area contributed by atoms with Gasteiger partial charge in [0.05, 0.1) is 29.7 Å². The van der Waals surface area contributed by atoms with Gasteiger partial charge >= 0.3 is 5.97 Å². The maximum absolute atomic E-state index is 12.1. The van der Waals surface area contributed by atoms with Gasteiger partial charge in [0.2, 0.25) is 0 Å². The van der Waals surface area contributed by atoms with Crippen LogP contribution in [0.3, 0.4) is 0 Å². The number of ether oxygens (including phenoxy) is 1. The van der Waals surface area contributed by atoms with Gasteiger partial charge in [-0.3, -0.25) is 4.57 Å². The van der Waals surface area contributed by atoms with Crippen LogP contribution in [-0.2, 0) is 4.74 Å². The van der Waals surface area contributed by atoms with Crippen LogP contribution in [0.4, 0.5) is 5.69 Å². The predicted molar refractivity (Wildman–Crippen MR) is 85.9 cm³/mol. The Hall–Kier alpha value is -3.60. The number of nitrogen functional groups attached to an aromatic ring is 1. The number of benzene rings is 1. The molecule has 0 amide bonds. The van der Waals surface area contributed by atoms with E-state index in [0.29, 0.717) is 5.69 Å². The van der Waals surface area contributed by atoms with Crippen molar-refractivity contribution in [2.75, 3.05) is 12.8 Å². The van der Waals surface area contributed by atoms with E-state index in [2.05, 4.69) is 10.2 Å². The quantitative estimate of drug-likeness (QED) is 0.733. The van der Waals surface area contributed by atoms with Gasteiger partial charge in [-0.25, -0.2) is 4.79 Å². The van der Waals surface area contributed by atoms with Crippen molar-refractivity contribution in [2.45, 2.75) is 6.92 Å². The van der Waals surface area contributed by atoms with Crippen LogP contribution in [0.2, 0.25) is 0 Å². The lowest BCUT2D eigenvalue weighted by molar-refractivity contribution is 0.0593. The van der Waals surface area contributed by atoms with Crippen molar-refractivity contribution < 1.29 is 9.53 Å². The van der Waals surface area contributed by atoms with Crippen LogP contribution in [-0.4, -0.2) is 32.4 Å². The molecule has 8 heteroatoms. The second-order valence-corrected chi connectivity index (χ2v) is 5.12. The average Bonchev–Trinajstić information content (AvgIpc) is 3.22. The molecule has 0 spiro atoms. The molecular weight excluding hydrogens is 308 g/mol. The molecular formula is C16H14N6O2. The van der Waals surface area contributed by atoms with Crippen molar-refractivity contribution in [2.24, 2.45) is 0 Å². The Morgan fingerprint density at radius 2 is 2.04 bits per heavy atom. The number of aryl methyl sites for hydroxylation is 1. The fraction of sp³-hybridized carbons (Fsp3) is 0.125. The molecule has 0 atom stereocenters. The third-order valence-electron chi connectivity index (χ3n) is 3.71. The average molecular weight is 322 g/mol. The van der Waals surface area contributed by atoms with Crippen molar-refractivity contribution >= 4 is 11.7 Å². The highest BCUT2D eigenvalue weighted by atomic mass is 16.5. The second kappa shape index (κ2) is 5.89. The van der Waals surface area contributed by atoms with Gasteiger partial charge in [0, 0.05) is 6.20 Å². The van der Waals surface area contributed by atoms with E-state index < -0.39 is 5.97 Å². The summed E-state index contributed by atoms with van der Waals surface area (Å²) < 4.78 is 8.11. The molecule has 0 fully saturated rings. The lowest BCUT2D eigenvalue weighted by atomic mass is 10.1. The zero-order valence-electron chi connectivity index (χ0n) is 13.1. The number of rotatable bonds is 3. The topological polar surface area (TPSA) is 112 Å². The van der Waals surface area contributed by atoms with E-state index in [1.165, 1.54) is 13.3 Å². The summed E-state index contributed by atoms with van der Waals surface area (Å²) in [4.78, 5) is 12.1. The zero-order valence-corrected chi connectivity index (χ0v) is 13.1. The van der Waals surface area contributed by atoms with Gasteiger partial charge in [-0.15, -0.1) is 10.2 Å². The van der Waals surface area contributed by atoms with Gasteiger partial charge in [0.1, 0.15) is 18.7 Å². The van der Waals surface area contributed by atoms with Gasteiger partial charge < -0.3 is 15.0 Å². The molecule has 0 bridgehead atoms. The summed E-state index contributed by atoms with van der Waals surface area (Å²) in [7, 11) is 1.27. The second-order valence-electron chi connectivity index (χ2n) is 5.12. The first-order valence-electron chi connectivity index (χ1n) is 7.02. The largest absolute Gasteiger partial charge is 0.464 e. The van der Waals surface area contributed by atoms with E-state index in [4.69, 9.17) is 10.5 Å². The number of nitrogens with two attached hydrogens (primary N) is 1. The standard InChI is InChI=1S/C16H14N6O2/c1-10-3-4-12(21-8-19-20-9-21)5-13(10)22-7-11(6-17)14(18)15(22)16(23)24-2/h3-5,7-9H,18H2,1-2H3. The number of nitriles is 1. The number of esters is 1. The molecule has 0 saturated carbocycles. The maximum atomic E-state index is 12.1. The molecule has 8 nitrogen and oxygen atoms in total. The van der Waals surface area contributed by atoms with Crippen LogP contribution in [0.5, 0.6) is 0 Å². The number of anilines is 1. The van der Waals surface area contributed by atoms with Crippen LogP contribution < -0.4 is 5.73 Å². The summed E-state index contributed by atoms with van der Waals surface area (Å²) in [5, 5.41) is 16.8. The monoisotopic (exact) mass is 322 g/mol. The van der Waals surface area contributed by atoms with Gasteiger partial charge in [0.15, 0.2) is 5.69 Å². The molecule has 0 aliphatic heterocycles. The van der Waals surface area contributed by atoms with Crippen LogP contribution in [0.25, 0.3) is 11.4 Å². The molecule has 3 rings (SSSR count). The summed E-state index contributed by atoms with van der Waals surface area (Å²) in [5.41, 5.74) is 8.78. The minimum absolute atomic E-state index is 0.0958. The Labute approximate surface area is 137 Å². The summed E-state index contributed by atoms with van der Waals surface area (Å²) in [6.45, 7) is 1.90. The lowest BCUT2D eigenvalue weighted by Crippen LogP contribution is -2.12. The molecule has 2 heterocycles. The Bertz CT molecular complexity index is 950. The minimum Gasteiger partial charge on any atom is -0.464 e. The summed E-state index contributed by atoms with van der Waals surface area (Å²) in [5.74, 6) is -0.608. The predicted octanol–water partition coefficient (Wildman–Crippen LogP) is 1.61. The first-order chi connectivity index (χ1) is 11.6. The van der Waals surface area contributed by atoms with Crippen LogP contribution in [0, 0.1) is 18.3 Å². The smallest absolute Gasteiger partial charge is 0.357 e. The molecule has 0 radical (unpaired) electrons. The fourth-order valence-corrected chi connectivity index (χ4v) is 2.46. The zero-order chi connectivity index (χ0) is 17.3. The molecule has 24 heavy (non-hydrogen) atoms. The molecule has 1 aromatic carbocycles. The Morgan fingerprint density at radius 1 is 1.33 bits per heavy atom. The highest BCUT2D eigenvalue weighted by Gasteiger charge is 2.22. The molecule has 0 aliphatic rings. The van der Waals surface area contributed by atoms with Crippen molar-refractivity contribution in [3.05, 3.63) is 53.9 Å². The molecule has 0 unspecified atom stereocenters. The van der Waals surface area contributed by atoms with Crippen LogP contribution in [0.1, 0.15) is 21.6 Å². The molecule has 0 saturated heterocycles. The Kier molecular flexibility index (Phi) is 3.75. The Morgan fingerprint density at radius 3 is 2.67 bits per heavy atom. The van der Waals surface area contributed by atoms with E-state index >= 15 is 0 Å². The number of aromatic nitrogens is 4. The van der Waals surface area contributed by atoms with Gasteiger partial charge in [-0.1, -0.05) is 6.07 Å². The van der Waals surface area contributed by atoms with Crippen molar-refractivity contribution in [1.82, 2.24) is 19.3 Å². The summed E-state index contributed by atoms with van der Waals surface area (Å²) in [6, 6.07) is 7.64. The number of carbonyl (C=O) groups is 1. The van der Waals surface area contributed by atoms with E-state index in [1.807, 2.05) is 31.2 Å². The van der Waals surface area contributed by atoms with Crippen molar-refractivity contribution in [3.8, 4) is 17.4 Å². The van der Waals surface area contributed by atoms with E-state index in [9.17, 15) is 10.1 Å². The minimum atomic E-state index is -0.608. The fourth-order valence-electron chi connectivity index (χ4n) is 2.46. The van der Waals surface area contributed by atoms with Gasteiger partial charge in [0.25, 0.3) is 0 Å². The highest BCUT2D eigenvalue weighted by Crippen LogP contribution is 2.27. The maximum Gasteiger partial charge on any atom is 0.357 e. The van der Waals surface area contributed by atoms with E-state index in [-0.39, 0.29) is 16.9 Å². The SMILES string of the molecule is COC(=O)c1c(N)c(C#N)cn1-c1cc(-n2cnnc2)ccc1C. The summed E-state index contributed by atoms with van der Waals surface area (Å²) in [6.07, 6.45) is 4.67. The van der Waals surface area contributed by atoms with Crippen LogP contribution >= 0.6 is 0 Å². The third-order valence-corrected chi connectivity index (χ3v) is 3.71. The Balaban J connectivity index is 2.24. The highest BCUT2D eigenvalue weighted by molar-refractivity contribution is 5.96. The van der Waals surface area contributed by atoms with Crippen molar-refractivity contribution in [3.63, 3.8) is 0 Å². The molecule has 3 aromatic rings. The van der Waals surface area contributed by atoms with Gasteiger partial charge in [-0.2, -0.15) is 5.26 Å². The normalized spacial score (nSPS) is 10.4. The summed E-state index contributed by atoms with van der Waals surface area (Å²) >= 11 is 0. The van der Waals surface area contributed by atoms with E-state index in [1.54, 1.807) is 21.8 Å².